The average Bonchev–Trinajstić information content (AvgIpc) is 2.93. The highest BCUT2D eigenvalue weighted by Gasteiger charge is 2.37. The van der Waals surface area contributed by atoms with Gasteiger partial charge in [-0.2, -0.15) is 13.2 Å². The van der Waals surface area contributed by atoms with E-state index in [4.69, 9.17) is 4.74 Å². The number of piperazine rings is 1. The Morgan fingerprint density at radius 3 is 2.24 bits per heavy atom. The number of carbonyl (C=O) groups is 1. The van der Waals surface area contributed by atoms with E-state index in [0.717, 1.165) is 42.2 Å². The van der Waals surface area contributed by atoms with Crippen LogP contribution in [0.1, 0.15) is 15.9 Å². The molecule has 3 heterocycles. The summed E-state index contributed by atoms with van der Waals surface area (Å²) >= 11 is 0. The van der Waals surface area contributed by atoms with Crippen molar-refractivity contribution in [1.29, 1.82) is 0 Å². The Labute approximate surface area is 211 Å². The fourth-order valence-electron chi connectivity index (χ4n) is 4.54. The van der Waals surface area contributed by atoms with Crippen molar-refractivity contribution in [3.05, 3.63) is 71.7 Å². The molecule has 37 heavy (non-hydrogen) atoms. The van der Waals surface area contributed by atoms with Crippen LogP contribution in [0.3, 0.4) is 0 Å². The molecule has 0 aliphatic carbocycles. The van der Waals surface area contributed by atoms with Crippen LogP contribution in [-0.2, 0) is 10.9 Å². The van der Waals surface area contributed by atoms with E-state index in [2.05, 4.69) is 27.0 Å². The highest BCUT2D eigenvalue weighted by Crippen LogP contribution is 2.33. The van der Waals surface area contributed by atoms with Gasteiger partial charge in [-0.3, -0.25) is 4.79 Å². The second kappa shape index (κ2) is 10.3. The number of nitrogens with zero attached hydrogens (tertiary/aromatic N) is 5. The van der Waals surface area contributed by atoms with Crippen LogP contribution in [0, 0.1) is 5.82 Å². The molecule has 11 heteroatoms. The van der Waals surface area contributed by atoms with Gasteiger partial charge in [0.05, 0.1) is 30.0 Å². The van der Waals surface area contributed by atoms with E-state index in [1.165, 1.54) is 4.90 Å². The van der Waals surface area contributed by atoms with E-state index >= 15 is 0 Å². The number of alkyl halides is 3. The summed E-state index contributed by atoms with van der Waals surface area (Å²) in [5.74, 6) is -1.33. The lowest BCUT2D eigenvalue weighted by molar-refractivity contribution is -0.138. The third-order valence-electron chi connectivity index (χ3n) is 6.55. The van der Waals surface area contributed by atoms with Gasteiger partial charge < -0.3 is 19.4 Å². The Balaban J connectivity index is 1.26. The molecule has 1 aromatic heterocycles. The number of halogens is 4. The Morgan fingerprint density at radius 2 is 1.57 bits per heavy atom. The first-order valence-electron chi connectivity index (χ1n) is 12.0. The molecular formula is C26H25F4N5O2. The maximum atomic E-state index is 13.4. The summed E-state index contributed by atoms with van der Waals surface area (Å²) in [5, 5.41) is 0. The summed E-state index contributed by atoms with van der Waals surface area (Å²) in [6, 6.07) is 12.1. The van der Waals surface area contributed by atoms with Gasteiger partial charge in [0.1, 0.15) is 5.82 Å². The van der Waals surface area contributed by atoms with Crippen LogP contribution in [0.25, 0.3) is 11.3 Å². The van der Waals surface area contributed by atoms with E-state index in [1.54, 1.807) is 6.20 Å². The van der Waals surface area contributed by atoms with Crippen molar-refractivity contribution < 1.29 is 27.1 Å². The van der Waals surface area contributed by atoms with Crippen molar-refractivity contribution in [3.8, 4) is 11.3 Å². The molecule has 0 bridgehead atoms. The second-order valence-electron chi connectivity index (χ2n) is 8.86. The fourth-order valence-corrected chi connectivity index (χ4v) is 4.54. The molecule has 0 unspecified atom stereocenters. The van der Waals surface area contributed by atoms with Gasteiger partial charge in [0.2, 0.25) is 5.95 Å². The molecule has 5 rings (SSSR count). The van der Waals surface area contributed by atoms with Crippen LogP contribution < -0.4 is 9.80 Å². The highest BCUT2D eigenvalue weighted by atomic mass is 19.4. The molecule has 2 aliphatic rings. The van der Waals surface area contributed by atoms with Crippen molar-refractivity contribution in [1.82, 2.24) is 14.9 Å². The number of amides is 1. The SMILES string of the molecule is O=C(c1ccc(F)cc1C(F)(F)F)N1CCN(c2nccc(-c3ccc(N4CCOCC4)cc3)n2)CC1. The number of rotatable bonds is 4. The van der Waals surface area contributed by atoms with Gasteiger partial charge in [0, 0.05) is 56.7 Å². The summed E-state index contributed by atoms with van der Waals surface area (Å²) in [4.78, 5) is 27.4. The van der Waals surface area contributed by atoms with Crippen LogP contribution in [0.5, 0.6) is 0 Å². The van der Waals surface area contributed by atoms with Gasteiger partial charge >= 0.3 is 6.18 Å². The lowest BCUT2D eigenvalue weighted by Crippen LogP contribution is -2.49. The summed E-state index contributed by atoms with van der Waals surface area (Å²) < 4.78 is 58.9. The number of ether oxygens (including phenoxy) is 1. The number of carbonyl (C=O) groups excluding carboxylic acids is 1. The first-order chi connectivity index (χ1) is 17.8. The first-order valence-corrected chi connectivity index (χ1v) is 12.0. The number of aromatic nitrogens is 2. The van der Waals surface area contributed by atoms with Crippen molar-refractivity contribution in [2.75, 3.05) is 62.3 Å². The minimum atomic E-state index is -4.83. The predicted octanol–water partition coefficient (Wildman–Crippen LogP) is 4.10. The Kier molecular flexibility index (Phi) is 6.96. The highest BCUT2D eigenvalue weighted by molar-refractivity contribution is 5.96. The van der Waals surface area contributed by atoms with E-state index in [0.29, 0.717) is 38.3 Å². The molecule has 2 aromatic carbocycles. The number of anilines is 2. The summed E-state index contributed by atoms with van der Waals surface area (Å²) in [6.07, 6.45) is -3.16. The van der Waals surface area contributed by atoms with Crippen LogP contribution in [0.15, 0.2) is 54.7 Å². The standard InChI is InChI=1S/C26H25F4N5O2/c27-19-3-6-21(22(17-19)26(28,29)30)24(36)34-9-11-35(12-10-34)25-31-8-7-23(32-25)18-1-4-20(5-2-18)33-13-15-37-16-14-33/h1-8,17H,9-16H2. The van der Waals surface area contributed by atoms with E-state index in [-0.39, 0.29) is 13.1 Å². The zero-order valence-corrected chi connectivity index (χ0v) is 19.9. The number of benzene rings is 2. The van der Waals surface area contributed by atoms with Crippen molar-refractivity contribution >= 4 is 17.5 Å². The van der Waals surface area contributed by atoms with E-state index < -0.39 is 29.0 Å². The van der Waals surface area contributed by atoms with Gasteiger partial charge in [-0.25, -0.2) is 14.4 Å². The van der Waals surface area contributed by atoms with Crippen molar-refractivity contribution in [2.24, 2.45) is 0 Å². The summed E-state index contributed by atoms with van der Waals surface area (Å²) in [5.41, 5.74) is 0.984. The Hall–Kier alpha value is -3.73. The van der Waals surface area contributed by atoms with Crippen LogP contribution in [-0.4, -0.2) is 73.3 Å². The van der Waals surface area contributed by atoms with Gasteiger partial charge in [0.25, 0.3) is 5.91 Å². The molecule has 7 nitrogen and oxygen atoms in total. The van der Waals surface area contributed by atoms with Gasteiger partial charge in [-0.05, 0) is 36.4 Å². The van der Waals surface area contributed by atoms with Gasteiger partial charge in [-0.15, -0.1) is 0 Å². The number of hydrogen-bond acceptors (Lipinski definition) is 6. The largest absolute Gasteiger partial charge is 0.417 e. The zero-order valence-electron chi connectivity index (χ0n) is 19.9. The lowest BCUT2D eigenvalue weighted by Gasteiger charge is -2.35. The number of morpholine rings is 1. The average molecular weight is 516 g/mol. The molecule has 2 saturated heterocycles. The lowest BCUT2D eigenvalue weighted by atomic mass is 10.0. The Bertz CT molecular complexity index is 1250. The van der Waals surface area contributed by atoms with Crippen molar-refractivity contribution in [2.45, 2.75) is 6.18 Å². The monoisotopic (exact) mass is 515 g/mol. The predicted molar refractivity (Wildman–Crippen MR) is 130 cm³/mol. The molecule has 2 fully saturated rings. The van der Waals surface area contributed by atoms with Crippen LogP contribution in [0.4, 0.5) is 29.2 Å². The first kappa shape index (κ1) is 24.9. The van der Waals surface area contributed by atoms with Gasteiger partial charge in [0.15, 0.2) is 0 Å². The molecule has 2 aliphatic heterocycles. The minimum absolute atomic E-state index is 0.190. The summed E-state index contributed by atoms with van der Waals surface area (Å²) in [7, 11) is 0. The van der Waals surface area contributed by atoms with Crippen LogP contribution >= 0.6 is 0 Å². The van der Waals surface area contributed by atoms with Crippen molar-refractivity contribution in [3.63, 3.8) is 0 Å². The third kappa shape index (κ3) is 5.51. The second-order valence-corrected chi connectivity index (χ2v) is 8.86. The maximum absolute atomic E-state index is 13.4. The third-order valence-corrected chi connectivity index (χ3v) is 6.55. The smallest absolute Gasteiger partial charge is 0.378 e. The molecule has 3 aromatic rings. The number of hydrogen-bond donors (Lipinski definition) is 0. The normalized spacial score (nSPS) is 16.7. The zero-order chi connectivity index (χ0) is 26.0. The molecule has 194 valence electrons. The molecule has 0 radical (unpaired) electrons. The molecule has 0 spiro atoms. The Morgan fingerprint density at radius 1 is 0.865 bits per heavy atom. The molecule has 0 N–H and O–H groups in total. The maximum Gasteiger partial charge on any atom is 0.417 e. The van der Waals surface area contributed by atoms with Crippen LogP contribution in [0.2, 0.25) is 0 Å². The quantitative estimate of drug-likeness (QED) is 0.488. The molecule has 0 atom stereocenters. The molecular weight excluding hydrogens is 490 g/mol. The van der Waals surface area contributed by atoms with E-state index in [9.17, 15) is 22.4 Å². The molecule has 1 amide bonds. The van der Waals surface area contributed by atoms with E-state index in [1.807, 2.05) is 23.1 Å². The fraction of sp³-hybridized carbons (Fsp3) is 0.346. The van der Waals surface area contributed by atoms with Gasteiger partial charge in [-0.1, -0.05) is 12.1 Å². The molecule has 0 saturated carbocycles. The topological polar surface area (TPSA) is 61.8 Å². The summed E-state index contributed by atoms with van der Waals surface area (Å²) in [6.45, 7) is 4.22. The minimum Gasteiger partial charge on any atom is -0.378 e.